The highest BCUT2D eigenvalue weighted by Crippen LogP contribution is 2.30. The second kappa shape index (κ2) is 15.9. The molecule has 0 atom stereocenters. The standard InChI is InChI=1S/C35H44N4O6/c1-35(2,3)29-9-11-30(12-10-29)45-25-31-34(28-7-4-26(23-36)5-8-28)37-38-39(31)24-27-6-13-32-33(22-27)44-21-19-42-17-15-40-14-16-41-18-20-43-32/h4-13,22H,14-21,23-25,36H2,1-3H3. The minimum absolute atomic E-state index is 0.0659. The second-order valence-electron chi connectivity index (χ2n) is 11.8. The number of nitrogens with two attached hydrogens (primary N) is 1. The summed E-state index contributed by atoms with van der Waals surface area (Å²) in [5, 5.41) is 9.14. The monoisotopic (exact) mass is 616 g/mol. The van der Waals surface area contributed by atoms with Gasteiger partial charge in [0.1, 0.15) is 37.0 Å². The maximum absolute atomic E-state index is 6.30. The van der Waals surface area contributed by atoms with Crippen molar-refractivity contribution in [1.29, 1.82) is 0 Å². The highest BCUT2D eigenvalue weighted by molar-refractivity contribution is 5.61. The highest BCUT2D eigenvalue weighted by atomic mass is 16.6. The van der Waals surface area contributed by atoms with Gasteiger partial charge in [-0.15, -0.1) is 5.10 Å². The zero-order valence-corrected chi connectivity index (χ0v) is 26.5. The lowest BCUT2D eigenvalue weighted by Gasteiger charge is -2.19. The van der Waals surface area contributed by atoms with Crippen LogP contribution in [0.4, 0.5) is 0 Å². The summed E-state index contributed by atoms with van der Waals surface area (Å²) in [7, 11) is 0. The fourth-order valence-electron chi connectivity index (χ4n) is 4.85. The molecule has 0 aliphatic carbocycles. The lowest BCUT2D eigenvalue weighted by Crippen LogP contribution is -2.13. The van der Waals surface area contributed by atoms with Gasteiger partial charge in [-0.25, -0.2) is 4.68 Å². The molecule has 10 heteroatoms. The maximum atomic E-state index is 6.30. The van der Waals surface area contributed by atoms with Crippen molar-refractivity contribution < 1.29 is 28.4 Å². The summed E-state index contributed by atoms with van der Waals surface area (Å²) in [6.45, 7) is 11.6. The van der Waals surface area contributed by atoms with Crippen LogP contribution in [0.5, 0.6) is 17.2 Å². The Morgan fingerprint density at radius 1 is 0.733 bits per heavy atom. The zero-order chi connectivity index (χ0) is 31.5. The molecule has 0 saturated carbocycles. The molecular formula is C35H44N4O6. The van der Waals surface area contributed by atoms with Crippen molar-refractivity contribution in [3.63, 3.8) is 0 Å². The first-order chi connectivity index (χ1) is 21.9. The van der Waals surface area contributed by atoms with Crippen molar-refractivity contribution in [2.75, 3.05) is 52.9 Å². The van der Waals surface area contributed by atoms with Crippen LogP contribution in [-0.4, -0.2) is 67.8 Å². The zero-order valence-electron chi connectivity index (χ0n) is 26.5. The maximum Gasteiger partial charge on any atom is 0.161 e. The summed E-state index contributed by atoms with van der Waals surface area (Å²) < 4.78 is 37.0. The average Bonchev–Trinajstić information content (AvgIpc) is 3.44. The third-order valence-corrected chi connectivity index (χ3v) is 7.45. The number of aromatic nitrogens is 3. The molecule has 2 N–H and O–H groups in total. The summed E-state index contributed by atoms with van der Waals surface area (Å²) in [6, 6.07) is 22.2. The number of fused-ring (bicyclic) bond motifs is 1. The average molecular weight is 617 g/mol. The molecule has 0 saturated heterocycles. The van der Waals surface area contributed by atoms with E-state index in [9.17, 15) is 0 Å². The second-order valence-corrected chi connectivity index (χ2v) is 11.8. The largest absolute Gasteiger partial charge is 0.487 e. The minimum Gasteiger partial charge on any atom is -0.487 e. The molecule has 2 heterocycles. The normalized spacial score (nSPS) is 15.2. The van der Waals surface area contributed by atoms with Gasteiger partial charge < -0.3 is 34.2 Å². The van der Waals surface area contributed by atoms with E-state index in [1.807, 2.05) is 59.3 Å². The molecule has 1 aromatic heterocycles. The van der Waals surface area contributed by atoms with Crippen molar-refractivity contribution >= 4 is 0 Å². The van der Waals surface area contributed by atoms with E-state index in [4.69, 9.17) is 34.2 Å². The molecule has 0 fully saturated rings. The van der Waals surface area contributed by atoms with Crippen LogP contribution in [0, 0.1) is 0 Å². The Bertz CT molecular complexity index is 1480. The van der Waals surface area contributed by atoms with E-state index in [-0.39, 0.29) is 5.41 Å². The quantitative estimate of drug-likeness (QED) is 0.301. The van der Waals surface area contributed by atoms with E-state index in [1.54, 1.807) is 0 Å². The third kappa shape index (κ3) is 9.27. The number of nitrogens with zero attached hydrogens (tertiary/aromatic N) is 3. The molecule has 5 rings (SSSR count). The lowest BCUT2D eigenvalue weighted by atomic mass is 9.87. The molecule has 0 unspecified atom stereocenters. The van der Waals surface area contributed by atoms with Gasteiger partial charge in [-0.05, 0) is 46.4 Å². The molecule has 240 valence electrons. The lowest BCUT2D eigenvalue weighted by molar-refractivity contribution is 0.00708. The van der Waals surface area contributed by atoms with E-state index in [0.717, 1.165) is 33.8 Å². The Morgan fingerprint density at radius 3 is 1.96 bits per heavy atom. The van der Waals surface area contributed by atoms with Crippen LogP contribution in [0.15, 0.2) is 66.7 Å². The Hall–Kier alpha value is -3.96. The van der Waals surface area contributed by atoms with Gasteiger partial charge in [0.25, 0.3) is 0 Å². The summed E-state index contributed by atoms with van der Waals surface area (Å²) in [5.41, 5.74) is 11.8. The molecule has 0 spiro atoms. The van der Waals surface area contributed by atoms with Crippen molar-refractivity contribution in [2.24, 2.45) is 5.73 Å². The van der Waals surface area contributed by atoms with Gasteiger partial charge in [0.05, 0.1) is 46.2 Å². The van der Waals surface area contributed by atoms with Crippen molar-refractivity contribution in [2.45, 2.75) is 45.9 Å². The molecular weight excluding hydrogens is 572 g/mol. The van der Waals surface area contributed by atoms with Gasteiger partial charge in [0.2, 0.25) is 0 Å². The SMILES string of the molecule is CC(C)(C)c1ccc(OCc2c(-c3ccc(CN)cc3)nnn2Cc2ccc3c(c2)OCCOCCOCCOCCO3)cc1. The predicted octanol–water partition coefficient (Wildman–Crippen LogP) is 5.15. The first-order valence-corrected chi connectivity index (χ1v) is 15.5. The fraction of sp³-hybridized carbons (Fsp3) is 0.429. The fourth-order valence-corrected chi connectivity index (χ4v) is 4.85. The predicted molar refractivity (Wildman–Crippen MR) is 172 cm³/mol. The van der Waals surface area contributed by atoms with Crippen LogP contribution in [0.1, 0.15) is 43.2 Å². The molecule has 45 heavy (non-hydrogen) atoms. The van der Waals surface area contributed by atoms with Gasteiger partial charge in [0, 0.05) is 12.1 Å². The van der Waals surface area contributed by atoms with Crippen molar-refractivity contribution in [3.8, 4) is 28.5 Å². The van der Waals surface area contributed by atoms with E-state index in [1.165, 1.54) is 5.56 Å². The number of benzene rings is 3. The van der Waals surface area contributed by atoms with E-state index < -0.39 is 0 Å². The van der Waals surface area contributed by atoms with Gasteiger partial charge in [-0.1, -0.05) is 68.4 Å². The molecule has 1 aliphatic rings. The first-order valence-electron chi connectivity index (χ1n) is 15.5. The molecule has 3 aromatic carbocycles. The molecule has 0 bridgehead atoms. The van der Waals surface area contributed by atoms with Crippen molar-refractivity contribution in [1.82, 2.24) is 15.0 Å². The van der Waals surface area contributed by atoms with Crippen LogP contribution in [0.3, 0.4) is 0 Å². The number of hydrogen-bond donors (Lipinski definition) is 1. The van der Waals surface area contributed by atoms with Crippen LogP contribution >= 0.6 is 0 Å². The number of hydrogen-bond acceptors (Lipinski definition) is 9. The summed E-state index contributed by atoms with van der Waals surface area (Å²) in [4.78, 5) is 0. The molecule has 0 amide bonds. The smallest absolute Gasteiger partial charge is 0.161 e. The van der Waals surface area contributed by atoms with E-state index >= 15 is 0 Å². The Kier molecular flexibility index (Phi) is 11.4. The Labute approximate surface area is 265 Å². The Balaban J connectivity index is 1.38. The molecule has 0 radical (unpaired) electrons. The van der Waals surface area contributed by atoms with Gasteiger partial charge in [-0.2, -0.15) is 0 Å². The van der Waals surface area contributed by atoms with Crippen molar-refractivity contribution in [3.05, 3.63) is 89.1 Å². The first kappa shape index (κ1) is 32.4. The van der Waals surface area contributed by atoms with Gasteiger partial charge in [-0.3, -0.25) is 0 Å². The third-order valence-electron chi connectivity index (χ3n) is 7.45. The van der Waals surface area contributed by atoms with Crippen LogP contribution in [-0.2, 0) is 39.3 Å². The summed E-state index contributed by atoms with van der Waals surface area (Å²) in [6.07, 6.45) is 0. The van der Waals surface area contributed by atoms with Crippen LogP contribution in [0.25, 0.3) is 11.3 Å². The topological polar surface area (TPSA) is 112 Å². The Morgan fingerprint density at radius 2 is 1.33 bits per heavy atom. The highest BCUT2D eigenvalue weighted by Gasteiger charge is 2.18. The minimum atomic E-state index is 0.0659. The number of ether oxygens (including phenoxy) is 6. The van der Waals surface area contributed by atoms with E-state index in [0.29, 0.717) is 84.1 Å². The molecule has 10 nitrogen and oxygen atoms in total. The molecule has 4 aromatic rings. The van der Waals surface area contributed by atoms with Gasteiger partial charge in [0.15, 0.2) is 11.5 Å². The number of rotatable bonds is 7. The van der Waals surface area contributed by atoms with Gasteiger partial charge >= 0.3 is 0 Å². The van der Waals surface area contributed by atoms with Crippen LogP contribution in [0.2, 0.25) is 0 Å². The molecule has 1 aliphatic heterocycles. The van der Waals surface area contributed by atoms with Crippen LogP contribution < -0.4 is 19.9 Å². The van der Waals surface area contributed by atoms with E-state index in [2.05, 4.69) is 43.2 Å². The summed E-state index contributed by atoms with van der Waals surface area (Å²) in [5.74, 6) is 2.07. The summed E-state index contributed by atoms with van der Waals surface area (Å²) >= 11 is 0.